The van der Waals surface area contributed by atoms with E-state index in [1.165, 1.54) is 30.8 Å². The van der Waals surface area contributed by atoms with Crippen LogP contribution in [0.3, 0.4) is 0 Å². The van der Waals surface area contributed by atoms with Crippen LogP contribution in [0.25, 0.3) is 10.2 Å². The van der Waals surface area contributed by atoms with Crippen LogP contribution < -0.4 is 10.1 Å². The number of rotatable bonds is 6. The van der Waals surface area contributed by atoms with Crippen molar-refractivity contribution in [3.63, 3.8) is 0 Å². The number of thiophene rings is 1. The third-order valence-corrected chi connectivity index (χ3v) is 6.83. The van der Waals surface area contributed by atoms with Crippen molar-refractivity contribution < 1.29 is 28.5 Å². The summed E-state index contributed by atoms with van der Waals surface area (Å²) in [7, 11) is 0. The van der Waals surface area contributed by atoms with Gasteiger partial charge in [0.25, 0.3) is 0 Å². The van der Waals surface area contributed by atoms with Crippen LogP contribution in [-0.4, -0.2) is 27.3 Å². The zero-order chi connectivity index (χ0) is 22.2. The molecule has 2 aliphatic rings. The van der Waals surface area contributed by atoms with Gasteiger partial charge in [-0.2, -0.15) is 0 Å². The molecule has 166 valence electrons. The molecule has 1 fully saturated rings. The van der Waals surface area contributed by atoms with Gasteiger partial charge in [-0.05, 0) is 37.5 Å². The standard InChI is InChI=1S/C22H20FN3O5S/c1-11-17-19(24-10-25-20(17)32-18(11)21(27)28)26-14-7-6-13(23)8-15(14)30-16-9-29-22(31-16)12-4-2-3-5-12/h6-10,12,22H,2-5H2,1H3,(H,27,28)(H,24,25,26). The smallest absolute Gasteiger partial charge is 0.346 e. The molecule has 3 aromatic rings. The van der Waals surface area contributed by atoms with E-state index >= 15 is 0 Å². The van der Waals surface area contributed by atoms with Crippen LogP contribution in [0, 0.1) is 18.7 Å². The second-order valence-corrected chi connectivity index (χ2v) is 8.73. The summed E-state index contributed by atoms with van der Waals surface area (Å²) in [5.74, 6) is -0.450. The summed E-state index contributed by atoms with van der Waals surface area (Å²) in [6.07, 6.45) is 6.76. The molecule has 0 bridgehead atoms. The van der Waals surface area contributed by atoms with E-state index in [4.69, 9.17) is 14.2 Å². The van der Waals surface area contributed by atoms with Gasteiger partial charge in [0.15, 0.2) is 12.0 Å². The number of halogens is 1. The van der Waals surface area contributed by atoms with Crippen LogP contribution in [0.5, 0.6) is 5.75 Å². The first-order valence-corrected chi connectivity index (χ1v) is 11.1. The molecule has 8 nitrogen and oxygen atoms in total. The molecule has 1 unspecified atom stereocenters. The normalized spacial score (nSPS) is 18.3. The average Bonchev–Trinajstić information content (AvgIpc) is 3.50. The van der Waals surface area contributed by atoms with E-state index in [1.54, 1.807) is 6.92 Å². The SMILES string of the molecule is Cc1c(C(=O)O)sc2ncnc(Nc3ccc(F)cc3OC3=COC(C4CCCC4)O3)c12. The molecule has 32 heavy (non-hydrogen) atoms. The fourth-order valence-electron chi connectivity index (χ4n) is 4.07. The van der Waals surface area contributed by atoms with E-state index in [9.17, 15) is 14.3 Å². The molecule has 3 heterocycles. The maximum absolute atomic E-state index is 14.0. The van der Waals surface area contributed by atoms with Gasteiger partial charge in [-0.1, -0.05) is 12.8 Å². The number of nitrogens with one attached hydrogen (secondary N) is 1. The highest BCUT2D eigenvalue weighted by Gasteiger charge is 2.32. The number of aryl methyl sites for hydroxylation is 1. The second kappa shape index (κ2) is 8.27. The van der Waals surface area contributed by atoms with Crippen LogP contribution in [-0.2, 0) is 9.47 Å². The maximum atomic E-state index is 14.0. The molecular formula is C22H20FN3O5S. The number of aromatic carboxylic acids is 1. The Morgan fingerprint density at radius 3 is 2.91 bits per heavy atom. The summed E-state index contributed by atoms with van der Waals surface area (Å²) in [6.45, 7) is 1.70. The zero-order valence-corrected chi connectivity index (χ0v) is 17.9. The first kappa shape index (κ1) is 20.5. The van der Waals surface area contributed by atoms with E-state index in [0.717, 1.165) is 37.0 Å². The number of carboxylic acid groups (broad SMARTS) is 1. The van der Waals surface area contributed by atoms with E-state index in [0.29, 0.717) is 33.2 Å². The third-order valence-electron chi connectivity index (χ3n) is 5.64. The van der Waals surface area contributed by atoms with E-state index in [1.807, 2.05) is 0 Å². The number of carboxylic acids is 1. The minimum atomic E-state index is -1.02. The summed E-state index contributed by atoms with van der Waals surface area (Å²) >= 11 is 1.07. The molecule has 0 amide bonds. The van der Waals surface area contributed by atoms with Crippen molar-refractivity contribution in [1.82, 2.24) is 9.97 Å². The highest BCUT2D eigenvalue weighted by Crippen LogP contribution is 2.38. The summed E-state index contributed by atoms with van der Waals surface area (Å²) in [4.78, 5) is 20.7. The highest BCUT2D eigenvalue weighted by molar-refractivity contribution is 7.20. The molecule has 1 saturated carbocycles. The lowest BCUT2D eigenvalue weighted by molar-refractivity contribution is -0.0897. The lowest BCUT2D eigenvalue weighted by atomic mass is 10.1. The van der Waals surface area contributed by atoms with Gasteiger partial charge in [0, 0.05) is 12.0 Å². The molecule has 0 saturated heterocycles. The molecule has 1 aliphatic carbocycles. The van der Waals surface area contributed by atoms with E-state index in [2.05, 4.69) is 15.3 Å². The predicted molar refractivity (Wildman–Crippen MR) is 115 cm³/mol. The summed E-state index contributed by atoms with van der Waals surface area (Å²) in [5, 5.41) is 13.1. The molecule has 0 spiro atoms. The fraction of sp³-hybridized carbons (Fsp3) is 0.318. The molecule has 2 aromatic heterocycles. The van der Waals surface area contributed by atoms with Crippen LogP contribution in [0.2, 0.25) is 0 Å². The number of benzene rings is 1. The van der Waals surface area contributed by atoms with Gasteiger partial charge in [0.05, 0.1) is 11.1 Å². The number of ether oxygens (including phenoxy) is 3. The highest BCUT2D eigenvalue weighted by atomic mass is 32.1. The molecular weight excluding hydrogens is 437 g/mol. The van der Waals surface area contributed by atoms with Gasteiger partial charge in [0.1, 0.15) is 27.7 Å². The van der Waals surface area contributed by atoms with Gasteiger partial charge in [0.2, 0.25) is 6.29 Å². The molecule has 1 atom stereocenters. The van der Waals surface area contributed by atoms with E-state index in [-0.39, 0.29) is 22.9 Å². The maximum Gasteiger partial charge on any atom is 0.346 e. The van der Waals surface area contributed by atoms with Crippen molar-refractivity contribution in [2.45, 2.75) is 38.9 Å². The molecule has 1 aliphatic heterocycles. The lowest BCUT2D eigenvalue weighted by Crippen LogP contribution is -2.19. The Labute approximate surface area is 186 Å². The monoisotopic (exact) mass is 457 g/mol. The lowest BCUT2D eigenvalue weighted by Gasteiger charge is -2.18. The number of aromatic nitrogens is 2. The number of fused-ring (bicyclic) bond motifs is 1. The number of hydrogen-bond acceptors (Lipinski definition) is 8. The van der Waals surface area contributed by atoms with Crippen molar-refractivity contribution in [3.05, 3.63) is 53.0 Å². The minimum absolute atomic E-state index is 0.156. The molecule has 1 aromatic carbocycles. The van der Waals surface area contributed by atoms with Gasteiger partial charge in [-0.25, -0.2) is 19.2 Å². The van der Waals surface area contributed by atoms with Crippen molar-refractivity contribution in [1.29, 1.82) is 0 Å². The van der Waals surface area contributed by atoms with E-state index < -0.39 is 11.8 Å². The Bertz CT molecular complexity index is 1220. The Morgan fingerprint density at radius 1 is 1.31 bits per heavy atom. The van der Waals surface area contributed by atoms with Gasteiger partial charge in [-0.3, -0.25) is 0 Å². The Hall–Kier alpha value is -3.40. The zero-order valence-electron chi connectivity index (χ0n) is 17.1. The van der Waals surface area contributed by atoms with Crippen molar-refractivity contribution >= 4 is 39.0 Å². The van der Waals surface area contributed by atoms with Crippen LogP contribution >= 0.6 is 11.3 Å². The van der Waals surface area contributed by atoms with Crippen molar-refractivity contribution in [2.75, 3.05) is 5.32 Å². The molecule has 5 rings (SSSR count). The number of anilines is 2. The van der Waals surface area contributed by atoms with Gasteiger partial charge in [-0.15, -0.1) is 11.3 Å². The number of hydrogen-bond donors (Lipinski definition) is 2. The fourth-order valence-corrected chi connectivity index (χ4v) is 5.06. The summed E-state index contributed by atoms with van der Waals surface area (Å²) in [6, 6.07) is 4.04. The molecule has 0 radical (unpaired) electrons. The quantitative estimate of drug-likeness (QED) is 0.513. The second-order valence-electron chi connectivity index (χ2n) is 7.74. The molecule has 10 heteroatoms. The van der Waals surface area contributed by atoms with Crippen molar-refractivity contribution in [2.24, 2.45) is 5.92 Å². The van der Waals surface area contributed by atoms with Crippen LogP contribution in [0.15, 0.2) is 36.7 Å². The average molecular weight is 457 g/mol. The first-order chi connectivity index (χ1) is 15.5. The van der Waals surface area contributed by atoms with Crippen LogP contribution in [0.4, 0.5) is 15.9 Å². The topological polar surface area (TPSA) is 103 Å². The summed E-state index contributed by atoms with van der Waals surface area (Å²) < 4.78 is 31.2. The Morgan fingerprint density at radius 2 is 2.12 bits per heavy atom. The third kappa shape index (κ3) is 3.81. The van der Waals surface area contributed by atoms with Gasteiger partial charge < -0.3 is 24.6 Å². The van der Waals surface area contributed by atoms with Crippen molar-refractivity contribution in [3.8, 4) is 5.75 Å². The predicted octanol–water partition coefficient (Wildman–Crippen LogP) is 5.32. The largest absolute Gasteiger partial charge is 0.477 e. The summed E-state index contributed by atoms with van der Waals surface area (Å²) in [5.41, 5.74) is 0.988. The molecule has 2 N–H and O–H groups in total. The van der Waals surface area contributed by atoms with Gasteiger partial charge >= 0.3 is 11.9 Å². The number of nitrogens with zero attached hydrogens (tertiary/aromatic N) is 2. The number of carbonyl (C=O) groups is 1. The minimum Gasteiger partial charge on any atom is -0.477 e. The first-order valence-electron chi connectivity index (χ1n) is 10.2. The Balaban J connectivity index is 1.42. The van der Waals surface area contributed by atoms with Crippen LogP contribution in [0.1, 0.15) is 40.9 Å². The Kier molecular flexibility index (Phi) is 5.30.